The molecule has 2 N–H and O–H groups in total. The fraction of sp³-hybridized carbons (Fsp3) is 0.261. The molecule has 1 aromatic heterocycles. The van der Waals surface area contributed by atoms with Crippen molar-refractivity contribution in [1.82, 2.24) is 9.97 Å². The molecule has 0 atom stereocenters. The van der Waals surface area contributed by atoms with Gasteiger partial charge in [-0.05, 0) is 43.2 Å². The number of methoxy groups -OCH3 is 2. The van der Waals surface area contributed by atoms with E-state index in [1.165, 1.54) is 12.7 Å². The SMILES string of the molecule is CCOC(=O)Nc1cccc(-c2cc(NCCc3ccc(OC)cc3)nc(OC)n2)c1. The molecule has 162 valence electrons. The highest BCUT2D eigenvalue weighted by Crippen LogP contribution is 2.25. The number of benzene rings is 2. The molecule has 1 heterocycles. The predicted molar refractivity (Wildman–Crippen MR) is 120 cm³/mol. The third kappa shape index (κ3) is 6.33. The van der Waals surface area contributed by atoms with Gasteiger partial charge < -0.3 is 19.5 Å². The molecule has 0 aliphatic rings. The van der Waals surface area contributed by atoms with E-state index in [-0.39, 0.29) is 6.01 Å². The molecule has 3 rings (SSSR count). The lowest BCUT2D eigenvalue weighted by Crippen LogP contribution is -2.13. The Bertz CT molecular complexity index is 1010. The zero-order valence-electron chi connectivity index (χ0n) is 17.8. The number of amides is 1. The van der Waals surface area contributed by atoms with Crippen molar-refractivity contribution in [3.8, 4) is 23.0 Å². The van der Waals surface area contributed by atoms with Gasteiger partial charge in [-0.1, -0.05) is 24.3 Å². The topological polar surface area (TPSA) is 94.6 Å². The molecule has 31 heavy (non-hydrogen) atoms. The summed E-state index contributed by atoms with van der Waals surface area (Å²) in [4.78, 5) is 20.5. The summed E-state index contributed by atoms with van der Waals surface area (Å²) in [7, 11) is 3.18. The second kappa shape index (κ2) is 10.8. The Kier molecular flexibility index (Phi) is 7.64. The van der Waals surface area contributed by atoms with Crippen molar-refractivity contribution < 1.29 is 19.0 Å². The highest BCUT2D eigenvalue weighted by Gasteiger charge is 2.09. The number of hydrogen-bond acceptors (Lipinski definition) is 7. The first-order valence-corrected chi connectivity index (χ1v) is 9.95. The largest absolute Gasteiger partial charge is 0.497 e. The summed E-state index contributed by atoms with van der Waals surface area (Å²) in [6.07, 6.45) is 0.325. The molecule has 3 aromatic rings. The fourth-order valence-corrected chi connectivity index (χ4v) is 2.92. The summed E-state index contributed by atoms with van der Waals surface area (Å²) in [5.41, 5.74) is 3.29. The molecule has 0 saturated heterocycles. The summed E-state index contributed by atoms with van der Waals surface area (Å²) in [6.45, 7) is 2.75. The fourth-order valence-electron chi connectivity index (χ4n) is 2.92. The summed E-state index contributed by atoms with van der Waals surface area (Å²) in [6, 6.07) is 17.4. The molecule has 0 bridgehead atoms. The molecular formula is C23H26N4O4. The molecule has 8 heteroatoms. The zero-order chi connectivity index (χ0) is 22.1. The van der Waals surface area contributed by atoms with Crippen molar-refractivity contribution >= 4 is 17.6 Å². The van der Waals surface area contributed by atoms with Gasteiger partial charge in [-0.15, -0.1) is 0 Å². The molecule has 2 aromatic carbocycles. The number of anilines is 2. The maximum atomic E-state index is 11.7. The molecule has 0 fully saturated rings. The number of rotatable bonds is 9. The van der Waals surface area contributed by atoms with Crippen LogP contribution in [0.15, 0.2) is 54.6 Å². The third-order valence-corrected chi connectivity index (χ3v) is 4.45. The van der Waals surface area contributed by atoms with Crippen molar-refractivity contribution in [3.63, 3.8) is 0 Å². The van der Waals surface area contributed by atoms with Crippen LogP contribution in [-0.4, -0.2) is 43.4 Å². The summed E-state index contributed by atoms with van der Waals surface area (Å²) < 4.78 is 15.4. The molecule has 0 radical (unpaired) electrons. The average Bonchev–Trinajstić information content (AvgIpc) is 2.79. The lowest BCUT2D eigenvalue weighted by Gasteiger charge is -2.11. The van der Waals surface area contributed by atoms with Crippen LogP contribution >= 0.6 is 0 Å². The highest BCUT2D eigenvalue weighted by molar-refractivity contribution is 5.85. The maximum absolute atomic E-state index is 11.7. The normalized spacial score (nSPS) is 10.3. The van der Waals surface area contributed by atoms with Crippen LogP contribution in [0.4, 0.5) is 16.3 Å². The minimum atomic E-state index is -0.499. The second-order valence-corrected chi connectivity index (χ2v) is 6.58. The Hall–Kier alpha value is -3.81. The Labute approximate surface area is 181 Å². The van der Waals surface area contributed by atoms with Gasteiger partial charge in [-0.3, -0.25) is 5.32 Å². The van der Waals surface area contributed by atoms with Crippen LogP contribution in [0.1, 0.15) is 12.5 Å². The van der Waals surface area contributed by atoms with E-state index in [2.05, 4.69) is 20.6 Å². The molecule has 8 nitrogen and oxygen atoms in total. The van der Waals surface area contributed by atoms with Crippen LogP contribution in [0.5, 0.6) is 11.8 Å². The Balaban J connectivity index is 1.72. The number of carbonyl (C=O) groups is 1. The van der Waals surface area contributed by atoms with E-state index in [9.17, 15) is 4.79 Å². The number of carbonyl (C=O) groups excluding carboxylic acids is 1. The lowest BCUT2D eigenvalue weighted by molar-refractivity contribution is 0.168. The first-order chi connectivity index (χ1) is 15.1. The summed E-state index contributed by atoms with van der Waals surface area (Å²) in [5.74, 6) is 1.49. The quantitative estimate of drug-likeness (QED) is 0.528. The number of nitrogens with zero attached hydrogens (tertiary/aromatic N) is 2. The van der Waals surface area contributed by atoms with Crippen molar-refractivity contribution in [3.05, 3.63) is 60.2 Å². The van der Waals surface area contributed by atoms with Crippen molar-refractivity contribution in [2.24, 2.45) is 0 Å². The van der Waals surface area contributed by atoms with Gasteiger partial charge in [0.25, 0.3) is 0 Å². The highest BCUT2D eigenvalue weighted by atomic mass is 16.5. The Morgan fingerprint density at radius 3 is 2.52 bits per heavy atom. The van der Waals surface area contributed by atoms with Crippen LogP contribution in [0, 0.1) is 0 Å². The van der Waals surface area contributed by atoms with Crippen LogP contribution in [0.3, 0.4) is 0 Å². The van der Waals surface area contributed by atoms with E-state index < -0.39 is 6.09 Å². The molecule has 0 unspecified atom stereocenters. The van der Waals surface area contributed by atoms with Gasteiger partial charge in [0, 0.05) is 23.9 Å². The molecule has 0 saturated carbocycles. The van der Waals surface area contributed by atoms with E-state index in [1.807, 2.05) is 48.5 Å². The van der Waals surface area contributed by atoms with E-state index in [4.69, 9.17) is 14.2 Å². The first-order valence-electron chi connectivity index (χ1n) is 9.95. The third-order valence-electron chi connectivity index (χ3n) is 4.45. The van der Waals surface area contributed by atoms with E-state index >= 15 is 0 Å². The Morgan fingerprint density at radius 1 is 1.00 bits per heavy atom. The predicted octanol–water partition coefficient (Wildman–Crippen LogP) is 4.38. The first kappa shape index (κ1) is 21.9. The minimum absolute atomic E-state index is 0.258. The Morgan fingerprint density at radius 2 is 1.81 bits per heavy atom. The van der Waals surface area contributed by atoms with Gasteiger partial charge in [0.1, 0.15) is 11.6 Å². The maximum Gasteiger partial charge on any atom is 0.411 e. The second-order valence-electron chi connectivity index (χ2n) is 6.58. The molecule has 0 aliphatic heterocycles. The van der Waals surface area contributed by atoms with Crippen LogP contribution in [0.2, 0.25) is 0 Å². The number of ether oxygens (including phenoxy) is 3. The van der Waals surface area contributed by atoms with Gasteiger partial charge in [0.05, 0.1) is 26.5 Å². The van der Waals surface area contributed by atoms with Crippen molar-refractivity contribution in [2.75, 3.05) is 38.0 Å². The van der Waals surface area contributed by atoms with E-state index in [0.717, 1.165) is 17.7 Å². The van der Waals surface area contributed by atoms with E-state index in [1.54, 1.807) is 20.1 Å². The molecular weight excluding hydrogens is 396 g/mol. The zero-order valence-corrected chi connectivity index (χ0v) is 17.8. The van der Waals surface area contributed by atoms with Gasteiger partial charge in [0.15, 0.2) is 0 Å². The lowest BCUT2D eigenvalue weighted by atomic mass is 10.1. The number of aromatic nitrogens is 2. The van der Waals surface area contributed by atoms with Crippen LogP contribution in [0.25, 0.3) is 11.3 Å². The smallest absolute Gasteiger partial charge is 0.411 e. The van der Waals surface area contributed by atoms with Crippen molar-refractivity contribution in [2.45, 2.75) is 13.3 Å². The van der Waals surface area contributed by atoms with Gasteiger partial charge in [0.2, 0.25) is 0 Å². The van der Waals surface area contributed by atoms with Gasteiger partial charge in [-0.2, -0.15) is 9.97 Å². The van der Waals surface area contributed by atoms with Crippen molar-refractivity contribution in [1.29, 1.82) is 0 Å². The van der Waals surface area contributed by atoms with Gasteiger partial charge in [-0.25, -0.2) is 4.79 Å². The minimum Gasteiger partial charge on any atom is -0.497 e. The number of nitrogens with one attached hydrogen (secondary N) is 2. The molecule has 0 spiro atoms. The standard InChI is InChI=1S/C23H26N4O4/c1-4-31-23(28)25-18-7-5-6-17(14-18)20-15-21(27-22(26-20)30-3)24-13-12-16-8-10-19(29-2)11-9-16/h5-11,14-15H,4,12-13H2,1-3H3,(H,25,28)(H,24,26,27). The summed E-state index contributed by atoms with van der Waals surface area (Å²) >= 11 is 0. The van der Waals surface area contributed by atoms with Gasteiger partial charge >= 0.3 is 12.1 Å². The van der Waals surface area contributed by atoms with Crippen LogP contribution < -0.4 is 20.1 Å². The van der Waals surface area contributed by atoms with Crippen LogP contribution in [-0.2, 0) is 11.2 Å². The average molecular weight is 422 g/mol. The number of hydrogen-bond donors (Lipinski definition) is 2. The monoisotopic (exact) mass is 422 g/mol. The molecule has 1 amide bonds. The summed E-state index contributed by atoms with van der Waals surface area (Å²) in [5, 5.41) is 6.01. The molecule has 0 aliphatic carbocycles. The van der Waals surface area contributed by atoms with E-state index in [0.29, 0.717) is 30.4 Å².